The average Bonchev–Trinajstić information content (AvgIpc) is 3.24. The van der Waals surface area contributed by atoms with E-state index in [2.05, 4.69) is 35.9 Å². The van der Waals surface area contributed by atoms with Gasteiger partial charge >= 0.3 is 0 Å². The summed E-state index contributed by atoms with van der Waals surface area (Å²) in [5.41, 5.74) is 4.04. The number of carbonyl (C=O) groups is 1. The fourth-order valence-electron chi connectivity index (χ4n) is 4.16. The summed E-state index contributed by atoms with van der Waals surface area (Å²) in [6, 6.07) is 14.1. The number of nitrogens with zero attached hydrogens (tertiary/aromatic N) is 5. The molecule has 0 saturated carbocycles. The Morgan fingerprint density at radius 1 is 1.09 bits per heavy atom. The van der Waals surface area contributed by atoms with Gasteiger partial charge in [-0.1, -0.05) is 19.9 Å². The highest BCUT2D eigenvalue weighted by Crippen LogP contribution is 2.28. The van der Waals surface area contributed by atoms with Gasteiger partial charge < -0.3 is 14.5 Å². The molecule has 1 aromatic carbocycles. The molecule has 7 nitrogen and oxygen atoms in total. The lowest BCUT2D eigenvalue weighted by Gasteiger charge is -2.35. The highest BCUT2D eigenvalue weighted by Gasteiger charge is 2.23. The molecular weight excluding hydrogens is 402 g/mol. The van der Waals surface area contributed by atoms with Crippen LogP contribution in [-0.2, 0) is 11.3 Å². The van der Waals surface area contributed by atoms with Crippen LogP contribution < -0.4 is 9.64 Å². The van der Waals surface area contributed by atoms with Gasteiger partial charge in [-0.25, -0.2) is 4.98 Å². The minimum atomic E-state index is 0.105. The Bertz CT molecular complexity index is 1070. The molecule has 0 radical (unpaired) electrons. The number of hydrogen-bond donors (Lipinski definition) is 0. The van der Waals surface area contributed by atoms with E-state index in [-0.39, 0.29) is 18.4 Å². The van der Waals surface area contributed by atoms with Gasteiger partial charge in [0, 0.05) is 43.6 Å². The summed E-state index contributed by atoms with van der Waals surface area (Å²) < 4.78 is 7.24. The molecule has 4 rings (SSSR count). The van der Waals surface area contributed by atoms with Crippen LogP contribution >= 0.6 is 0 Å². The molecular formula is C25H31N5O2. The number of amides is 1. The first kappa shape index (κ1) is 21.9. The second-order valence-corrected chi connectivity index (χ2v) is 8.51. The SMILES string of the molecule is COc1ccc(-c2cc(C(C)C)n(CC(=O)N3CCN(c4ccccn4)CC3)n2)cc1C. The normalized spacial score (nSPS) is 14.2. The Morgan fingerprint density at radius 3 is 2.50 bits per heavy atom. The van der Waals surface area contributed by atoms with Crippen molar-refractivity contribution in [3.8, 4) is 17.0 Å². The smallest absolute Gasteiger partial charge is 0.244 e. The summed E-state index contributed by atoms with van der Waals surface area (Å²) in [6.45, 7) is 9.50. The molecule has 1 fully saturated rings. The summed E-state index contributed by atoms with van der Waals surface area (Å²) >= 11 is 0. The largest absolute Gasteiger partial charge is 0.496 e. The topological polar surface area (TPSA) is 63.5 Å². The van der Waals surface area contributed by atoms with Crippen LogP contribution in [0, 0.1) is 6.92 Å². The number of aromatic nitrogens is 3. The van der Waals surface area contributed by atoms with Crippen LogP contribution in [0.15, 0.2) is 48.7 Å². The molecule has 1 aliphatic rings. The molecule has 3 heterocycles. The molecule has 0 N–H and O–H groups in total. The average molecular weight is 434 g/mol. The van der Waals surface area contributed by atoms with E-state index in [1.807, 2.05) is 46.8 Å². The summed E-state index contributed by atoms with van der Waals surface area (Å²) in [7, 11) is 1.68. The van der Waals surface area contributed by atoms with Crippen molar-refractivity contribution in [2.45, 2.75) is 33.2 Å². The highest BCUT2D eigenvalue weighted by atomic mass is 16.5. The van der Waals surface area contributed by atoms with Crippen molar-refractivity contribution in [1.29, 1.82) is 0 Å². The van der Waals surface area contributed by atoms with Gasteiger partial charge in [0.05, 0.1) is 12.8 Å². The molecule has 7 heteroatoms. The lowest BCUT2D eigenvalue weighted by molar-refractivity contribution is -0.132. The van der Waals surface area contributed by atoms with Crippen molar-refractivity contribution < 1.29 is 9.53 Å². The van der Waals surface area contributed by atoms with E-state index >= 15 is 0 Å². The third-order valence-electron chi connectivity index (χ3n) is 5.98. The molecule has 0 unspecified atom stereocenters. The molecule has 1 saturated heterocycles. The molecule has 32 heavy (non-hydrogen) atoms. The van der Waals surface area contributed by atoms with E-state index in [1.54, 1.807) is 13.3 Å². The molecule has 2 aromatic heterocycles. The Kier molecular flexibility index (Phi) is 6.44. The van der Waals surface area contributed by atoms with Crippen molar-refractivity contribution in [1.82, 2.24) is 19.7 Å². The van der Waals surface area contributed by atoms with Gasteiger partial charge in [0.15, 0.2) is 0 Å². The van der Waals surface area contributed by atoms with Crippen molar-refractivity contribution in [2.24, 2.45) is 0 Å². The fraction of sp³-hybridized carbons (Fsp3) is 0.400. The van der Waals surface area contributed by atoms with Crippen LogP contribution in [0.3, 0.4) is 0 Å². The second-order valence-electron chi connectivity index (χ2n) is 8.51. The summed E-state index contributed by atoms with van der Waals surface area (Å²) in [4.78, 5) is 21.7. The van der Waals surface area contributed by atoms with Gasteiger partial charge in [0.1, 0.15) is 18.1 Å². The van der Waals surface area contributed by atoms with E-state index in [0.717, 1.165) is 47.2 Å². The van der Waals surface area contributed by atoms with E-state index < -0.39 is 0 Å². The number of pyridine rings is 1. The van der Waals surface area contributed by atoms with E-state index in [1.165, 1.54) is 0 Å². The zero-order valence-electron chi connectivity index (χ0n) is 19.3. The van der Waals surface area contributed by atoms with Gasteiger partial charge in [-0.2, -0.15) is 5.10 Å². The van der Waals surface area contributed by atoms with Gasteiger partial charge in [-0.05, 0) is 54.8 Å². The van der Waals surface area contributed by atoms with Crippen LogP contribution in [-0.4, -0.2) is 58.9 Å². The molecule has 0 aliphatic carbocycles. The quantitative estimate of drug-likeness (QED) is 0.593. The summed E-state index contributed by atoms with van der Waals surface area (Å²) in [6.07, 6.45) is 1.81. The van der Waals surface area contributed by atoms with Crippen LogP contribution in [0.4, 0.5) is 5.82 Å². The molecule has 1 amide bonds. The number of methoxy groups -OCH3 is 1. The number of carbonyl (C=O) groups excluding carboxylic acids is 1. The molecule has 1 aliphatic heterocycles. The highest BCUT2D eigenvalue weighted by molar-refractivity contribution is 5.76. The number of piperazine rings is 1. The van der Waals surface area contributed by atoms with Crippen LogP contribution in [0.25, 0.3) is 11.3 Å². The Balaban J connectivity index is 1.47. The van der Waals surface area contributed by atoms with Crippen LogP contribution in [0.1, 0.15) is 31.0 Å². The number of aryl methyl sites for hydroxylation is 1. The standard InChI is InChI=1S/C25H31N5O2/c1-18(2)22-16-21(20-8-9-23(32-4)19(3)15-20)27-30(22)17-25(31)29-13-11-28(12-14-29)24-7-5-6-10-26-24/h5-10,15-16,18H,11-14,17H2,1-4H3. The zero-order valence-corrected chi connectivity index (χ0v) is 19.3. The van der Waals surface area contributed by atoms with Gasteiger partial charge in [-0.3, -0.25) is 9.48 Å². The van der Waals surface area contributed by atoms with Crippen molar-refractivity contribution in [3.63, 3.8) is 0 Å². The summed E-state index contributed by atoms with van der Waals surface area (Å²) in [5.74, 6) is 2.20. The Labute approximate surface area is 189 Å². The molecule has 168 valence electrons. The lowest BCUT2D eigenvalue weighted by Crippen LogP contribution is -2.50. The fourth-order valence-corrected chi connectivity index (χ4v) is 4.16. The van der Waals surface area contributed by atoms with Crippen LogP contribution in [0.2, 0.25) is 0 Å². The van der Waals surface area contributed by atoms with Crippen molar-refractivity contribution in [3.05, 3.63) is 59.9 Å². The lowest BCUT2D eigenvalue weighted by atomic mass is 10.1. The minimum absolute atomic E-state index is 0.105. The maximum Gasteiger partial charge on any atom is 0.244 e. The number of ether oxygens (including phenoxy) is 1. The predicted molar refractivity (Wildman–Crippen MR) is 126 cm³/mol. The monoisotopic (exact) mass is 433 g/mol. The van der Waals surface area contributed by atoms with Gasteiger partial charge in [-0.15, -0.1) is 0 Å². The minimum Gasteiger partial charge on any atom is -0.496 e. The summed E-state index contributed by atoms with van der Waals surface area (Å²) in [5, 5.41) is 4.80. The van der Waals surface area contributed by atoms with Gasteiger partial charge in [0.25, 0.3) is 0 Å². The molecule has 0 bridgehead atoms. The van der Waals surface area contributed by atoms with E-state index in [0.29, 0.717) is 13.1 Å². The number of anilines is 1. The van der Waals surface area contributed by atoms with Crippen LogP contribution in [0.5, 0.6) is 5.75 Å². The molecule has 3 aromatic rings. The molecule has 0 atom stereocenters. The van der Waals surface area contributed by atoms with E-state index in [4.69, 9.17) is 9.84 Å². The number of benzene rings is 1. The first-order valence-electron chi connectivity index (χ1n) is 11.1. The molecule has 0 spiro atoms. The number of hydrogen-bond acceptors (Lipinski definition) is 5. The predicted octanol–water partition coefficient (Wildman–Crippen LogP) is 3.73. The Morgan fingerprint density at radius 2 is 1.88 bits per heavy atom. The maximum absolute atomic E-state index is 13.1. The van der Waals surface area contributed by atoms with E-state index in [9.17, 15) is 4.79 Å². The Hall–Kier alpha value is -3.35. The third-order valence-corrected chi connectivity index (χ3v) is 5.98. The zero-order chi connectivity index (χ0) is 22.7. The third kappa shape index (κ3) is 4.61. The van der Waals surface area contributed by atoms with Gasteiger partial charge in [0.2, 0.25) is 5.91 Å². The maximum atomic E-state index is 13.1. The van der Waals surface area contributed by atoms with Crippen molar-refractivity contribution >= 4 is 11.7 Å². The van der Waals surface area contributed by atoms with Crippen molar-refractivity contribution in [2.75, 3.05) is 38.2 Å². The number of rotatable bonds is 6. The second kappa shape index (κ2) is 9.42. The first-order valence-corrected chi connectivity index (χ1v) is 11.1. The first-order chi connectivity index (χ1) is 15.5.